The molecule has 2 rings (SSSR count). The van der Waals surface area contributed by atoms with E-state index in [0.717, 1.165) is 5.76 Å². The summed E-state index contributed by atoms with van der Waals surface area (Å²) in [6.07, 6.45) is 1.58. The van der Waals surface area contributed by atoms with Crippen LogP contribution in [-0.2, 0) is 0 Å². The Bertz CT molecular complexity index is 543. The minimum Gasteiger partial charge on any atom is -0.493 e. The third kappa shape index (κ3) is 3.40. The number of halogens is 2. The highest BCUT2D eigenvalue weighted by molar-refractivity contribution is 5.55. The molecule has 0 aliphatic rings. The molecule has 0 spiro atoms. The first-order chi connectivity index (χ1) is 9.60. The van der Waals surface area contributed by atoms with Gasteiger partial charge < -0.3 is 19.2 Å². The molecule has 1 aromatic heterocycles. The Morgan fingerprint density at radius 1 is 1.20 bits per heavy atom. The number of furan rings is 1. The first-order valence-corrected chi connectivity index (χ1v) is 6.03. The zero-order valence-electron chi connectivity index (χ0n) is 11.1. The third-order valence-electron chi connectivity index (χ3n) is 2.73. The van der Waals surface area contributed by atoms with Crippen LogP contribution in [0.1, 0.15) is 18.7 Å². The van der Waals surface area contributed by atoms with Gasteiger partial charge in [-0.05, 0) is 31.2 Å². The predicted octanol–water partition coefficient (Wildman–Crippen LogP) is 4.06. The largest absolute Gasteiger partial charge is 0.493 e. The van der Waals surface area contributed by atoms with Gasteiger partial charge in [-0.25, -0.2) is 0 Å². The number of methoxy groups -OCH3 is 1. The van der Waals surface area contributed by atoms with Crippen LogP contribution in [0.25, 0.3) is 0 Å². The van der Waals surface area contributed by atoms with E-state index < -0.39 is 6.61 Å². The Morgan fingerprint density at radius 2 is 2.00 bits per heavy atom. The Labute approximate surface area is 115 Å². The van der Waals surface area contributed by atoms with Crippen LogP contribution in [0.5, 0.6) is 11.5 Å². The fourth-order valence-electron chi connectivity index (χ4n) is 1.81. The van der Waals surface area contributed by atoms with Crippen molar-refractivity contribution >= 4 is 5.69 Å². The lowest BCUT2D eigenvalue weighted by atomic mass is 10.2. The van der Waals surface area contributed by atoms with Crippen molar-refractivity contribution in [2.24, 2.45) is 0 Å². The van der Waals surface area contributed by atoms with Crippen LogP contribution in [0.2, 0.25) is 0 Å². The molecule has 0 saturated heterocycles. The minimum atomic E-state index is -2.90. The van der Waals surface area contributed by atoms with Gasteiger partial charge in [0.1, 0.15) is 5.76 Å². The van der Waals surface area contributed by atoms with Gasteiger partial charge in [-0.1, -0.05) is 0 Å². The molecule has 0 fully saturated rings. The zero-order chi connectivity index (χ0) is 14.5. The molecule has 4 nitrogen and oxygen atoms in total. The van der Waals surface area contributed by atoms with Crippen molar-refractivity contribution in [1.29, 1.82) is 0 Å². The van der Waals surface area contributed by atoms with E-state index in [1.54, 1.807) is 24.5 Å². The highest BCUT2D eigenvalue weighted by Crippen LogP contribution is 2.32. The van der Waals surface area contributed by atoms with Gasteiger partial charge in [-0.2, -0.15) is 8.78 Å². The first-order valence-electron chi connectivity index (χ1n) is 6.03. The second-order valence-corrected chi connectivity index (χ2v) is 4.13. The van der Waals surface area contributed by atoms with Crippen molar-refractivity contribution in [3.05, 3.63) is 42.4 Å². The molecule has 1 heterocycles. The summed E-state index contributed by atoms with van der Waals surface area (Å²) in [5, 5.41) is 3.14. The Balaban J connectivity index is 2.16. The fourth-order valence-corrected chi connectivity index (χ4v) is 1.81. The van der Waals surface area contributed by atoms with Gasteiger partial charge in [0, 0.05) is 11.8 Å². The number of benzene rings is 1. The lowest BCUT2D eigenvalue weighted by Crippen LogP contribution is -2.07. The van der Waals surface area contributed by atoms with Crippen molar-refractivity contribution in [3.8, 4) is 11.5 Å². The number of alkyl halides is 2. The summed E-state index contributed by atoms with van der Waals surface area (Å²) in [5.41, 5.74) is 0.630. The lowest BCUT2D eigenvalue weighted by Gasteiger charge is -2.15. The zero-order valence-corrected chi connectivity index (χ0v) is 11.1. The summed E-state index contributed by atoms with van der Waals surface area (Å²) >= 11 is 0. The first kappa shape index (κ1) is 14.2. The molecule has 20 heavy (non-hydrogen) atoms. The maximum atomic E-state index is 12.3. The van der Waals surface area contributed by atoms with Crippen LogP contribution >= 0.6 is 0 Å². The van der Waals surface area contributed by atoms with E-state index in [1.165, 1.54) is 13.2 Å². The van der Waals surface area contributed by atoms with Crippen molar-refractivity contribution in [2.75, 3.05) is 12.4 Å². The quantitative estimate of drug-likeness (QED) is 0.868. The molecular formula is C14H15F2NO3. The smallest absolute Gasteiger partial charge is 0.387 e. The molecule has 0 aliphatic carbocycles. The molecule has 0 radical (unpaired) electrons. The van der Waals surface area contributed by atoms with E-state index in [-0.39, 0.29) is 17.5 Å². The maximum absolute atomic E-state index is 12.3. The van der Waals surface area contributed by atoms with E-state index in [0.29, 0.717) is 5.69 Å². The number of anilines is 1. The third-order valence-corrected chi connectivity index (χ3v) is 2.73. The maximum Gasteiger partial charge on any atom is 0.387 e. The molecular weight excluding hydrogens is 268 g/mol. The normalized spacial score (nSPS) is 12.2. The van der Waals surface area contributed by atoms with Gasteiger partial charge >= 0.3 is 6.61 Å². The van der Waals surface area contributed by atoms with E-state index in [2.05, 4.69) is 10.1 Å². The molecule has 0 amide bonds. The number of rotatable bonds is 6. The fraction of sp³-hybridized carbons (Fsp3) is 0.286. The summed E-state index contributed by atoms with van der Waals surface area (Å²) in [7, 11) is 1.40. The Hall–Kier alpha value is -2.24. The molecule has 6 heteroatoms. The van der Waals surface area contributed by atoms with E-state index in [9.17, 15) is 8.78 Å². The summed E-state index contributed by atoms with van der Waals surface area (Å²) in [5.74, 6) is 0.984. The van der Waals surface area contributed by atoms with Crippen LogP contribution in [0.15, 0.2) is 41.0 Å². The molecule has 0 aliphatic heterocycles. The van der Waals surface area contributed by atoms with Gasteiger partial charge in [0.25, 0.3) is 0 Å². The van der Waals surface area contributed by atoms with Gasteiger partial charge in [-0.3, -0.25) is 0 Å². The van der Waals surface area contributed by atoms with Gasteiger partial charge in [0.2, 0.25) is 0 Å². The topological polar surface area (TPSA) is 43.6 Å². The number of nitrogens with one attached hydrogen (secondary N) is 1. The predicted molar refractivity (Wildman–Crippen MR) is 70.4 cm³/mol. The lowest BCUT2D eigenvalue weighted by molar-refractivity contribution is -0.0511. The Morgan fingerprint density at radius 3 is 2.60 bits per heavy atom. The van der Waals surface area contributed by atoms with Crippen LogP contribution in [0.3, 0.4) is 0 Å². The van der Waals surface area contributed by atoms with Crippen molar-refractivity contribution in [2.45, 2.75) is 19.6 Å². The average Bonchev–Trinajstić information content (AvgIpc) is 2.92. The summed E-state index contributed by atoms with van der Waals surface area (Å²) < 4.78 is 39.4. The molecule has 0 saturated carbocycles. The summed E-state index contributed by atoms with van der Waals surface area (Å²) in [4.78, 5) is 0. The van der Waals surface area contributed by atoms with E-state index in [1.807, 2.05) is 13.0 Å². The monoisotopic (exact) mass is 283 g/mol. The summed E-state index contributed by atoms with van der Waals surface area (Å²) in [6, 6.07) is 8.26. The molecule has 2 aromatic rings. The SMILES string of the molecule is COc1ccc(NC(C)c2ccco2)cc1OC(F)F. The van der Waals surface area contributed by atoms with Crippen LogP contribution in [0, 0.1) is 0 Å². The summed E-state index contributed by atoms with van der Waals surface area (Å²) in [6.45, 7) is -1.00. The molecule has 108 valence electrons. The molecule has 0 bridgehead atoms. The minimum absolute atomic E-state index is 0.0147. The van der Waals surface area contributed by atoms with Crippen LogP contribution < -0.4 is 14.8 Å². The highest BCUT2D eigenvalue weighted by atomic mass is 19.3. The van der Waals surface area contributed by atoms with Crippen molar-refractivity contribution < 1.29 is 22.7 Å². The number of hydrogen-bond acceptors (Lipinski definition) is 4. The number of hydrogen-bond donors (Lipinski definition) is 1. The molecule has 1 atom stereocenters. The Kier molecular flexibility index (Phi) is 4.45. The number of ether oxygens (including phenoxy) is 2. The van der Waals surface area contributed by atoms with Gasteiger partial charge in [-0.15, -0.1) is 0 Å². The van der Waals surface area contributed by atoms with E-state index in [4.69, 9.17) is 9.15 Å². The second-order valence-electron chi connectivity index (χ2n) is 4.13. The van der Waals surface area contributed by atoms with Gasteiger partial charge in [0.05, 0.1) is 19.4 Å². The standard InChI is InChI=1S/C14H15F2NO3/c1-9(11-4-3-7-19-11)17-10-5-6-12(18-2)13(8-10)20-14(15)16/h3-9,14,17H,1-2H3. The van der Waals surface area contributed by atoms with Crippen LogP contribution in [0.4, 0.5) is 14.5 Å². The molecule has 1 N–H and O–H groups in total. The second kappa shape index (κ2) is 6.27. The molecule has 1 aromatic carbocycles. The molecule has 1 unspecified atom stereocenters. The van der Waals surface area contributed by atoms with Crippen molar-refractivity contribution in [3.63, 3.8) is 0 Å². The average molecular weight is 283 g/mol. The van der Waals surface area contributed by atoms with Crippen LogP contribution in [-0.4, -0.2) is 13.7 Å². The van der Waals surface area contributed by atoms with E-state index >= 15 is 0 Å². The highest BCUT2D eigenvalue weighted by Gasteiger charge is 2.13. The van der Waals surface area contributed by atoms with Crippen molar-refractivity contribution in [1.82, 2.24) is 0 Å². The van der Waals surface area contributed by atoms with Gasteiger partial charge in [0.15, 0.2) is 11.5 Å².